The molecule has 0 aliphatic heterocycles. The molecule has 0 fully saturated rings. The lowest BCUT2D eigenvalue weighted by Crippen LogP contribution is -2.01. The molecule has 0 saturated heterocycles. The van der Waals surface area contributed by atoms with Gasteiger partial charge in [0.05, 0.1) is 26.5 Å². The molecule has 0 atom stereocenters. The predicted molar refractivity (Wildman–Crippen MR) is 66.0 cm³/mol. The molecule has 17 heavy (non-hydrogen) atoms. The molecule has 2 rings (SSSR count). The monoisotopic (exact) mass is 232 g/mol. The molecule has 4 nitrogen and oxygen atoms in total. The Morgan fingerprint density at radius 1 is 1.41 bits per heavy atom. The molecule has 4 heteroatoms. The van der Waals surface area contributed by atoms with E-state index in [1.807, 2.05) is 24.4 Å². The highest BCUT2D eigenvalue weighted by Crippen LogP contribution is 2.27. The van der Waals surface area contributed by atoms with E-state index < -0.39 is 0 Å². The number of aryl methyl sites for hydroxylation is 1. The summed E-state index contributed by atoms with van der Waals surface area (Å²) in [5.74, 6) is 0.834. The van der Waals surface area contributed by atoms with Gasteiger partial charge in [0, 0.05) is 11.8 Å². The normalized spacial score (nSPS) is 10.5. The van der Waals surface area contributed by atoms with Gasteiger partial charge in [-0.15, -0.1) is 0 Å². The summed E-state index contributed by atoms with van der Waals surface area (Å²) in [5, 5.41) is 13.1. The average Bonchev–Trinajstić information content (AvgIpc) is 2.79. The van der Waals surface area contributed by atoms with Gasteiger partial charge in [0.2, 0.25) is 0 Å². The highest BCUT2D eigenvalue weighted by molar-refractivity contribution is 5.67. The summed E-state index contributed by atoms with van der Waals surface area (Å²) in [6.45, 7) is 2.67. The third kappa shape index (κ3) is 2.47. The van der Waals surface area contributed by atoms with Crippen molar-refractivity contribution in [3.63, 3.8) is 0 Å². The van der Waals surface area contributed by atoms with E-state index >= 15 is 0 Å². The number of aliphatic hydroxyl groups is 1. The Kier molecular flexibility index (Phi) is 3.44. The van der Waals surface area contributed by atoms with Gasteiger partial charge >= 0.3 is 0 Å². The number of aromatic nitrogens is 2. The van der Waals surface area contributed by atoms with E-state index in [-0.39, 0.29) is 6.61 Å². The van der Waals surface area contributed by atoms with E-state index in [2.05, 4.69) is 12.0 Å². The van der Waals surface area contributed by atoms with Gasteiger partial charge in [-0.05, 0) is 30.2 Å². The Balaban J connectivity index is 2.37. The lowest BCUT2D eigenvalue weighted by atomic mass is 10.0. The maximum atomic E-state index is 8.86. The molecule has 2 aromatic rings. The van der Waals surface area contributed by atoms with Crippen LogP contribution < -0.4 is 4.74 Å². The Hall–Kier alpha value is -1.81. The quantitative estimate of drug-likeness (QED) is 0.875. The van der Waals surface area contributed by atoms with Crippen LogP contribution in [0.4, 0.5) is 0 Å². The Bertz CT molecular complexity index is 506. The van der Waals surface area contributed by atoms with Crippen molar-refractivity contribution in [2.45, 2.75) is 13.5 Å². The minimum Gasteiger partial charge on any atom is -0.497 e. The summed E-state index contributed by atoms with van der Waals surface area (Å²) in [6.07, 6.45) is 3.73. The van der Waals surface area contributed by atoms with E-state index in [1.54, 1.807) is 18.0 Å². The van der Waals surface area contributed by atoms with Crippen LogP contribution in [-0.2, 0) is 6.54 Å². The fraction of sp³-hybridized carbons (Fsp3) is 0.308. The van der Waals surface area contributed by atoms with Gasteiger partial charge in [-0.2, -0.15) is 5.10 Å². The van der Waals surface area contributed by atoms with Gasteiger partial charge in [-0.3, -0.25) is 4.68 Å². The molecule has 1 aromatic heterocycles. The minimum absolute atomic E-state index is 0.0954. The van der Waals surface area contributed by atoms with E-state index in [9.17, 15) is 0 Å². The second-order valence-electron chi connectivity index (χ2n) is 3.90. The summed E-state index contributed by atoms with van der Waals surface area (Å²) < 4.78 is 6.95. The second-order valence-corrected chi connectivity index (χ2v) is 3.90. The molecule has 0 radical (unpaired) electrons. The summed E-state index contributed by atoms with van der Waals surface area (Å²) in [6, 6.07) is 5.96. The van der Waals surface area contributed by atoms with Crippen molar-refractivity contribution >= 4 is 0 Å². The molecule has 1 aromatic carbocycles. The first-order chi connectivity index (χ1) is 8.24. The zero-order valence-corrected chi connectivity index (χ0v) is 10.1. The van der Waals surface area contributed by atoms with E-state index in [0.29, 0.717) is 6.54 Å². The molecule has 0 spiro atoms. The van der Waals surface area contributed by atoms with E-state index in [1.165, 1.54) is 5.56 Å². The van der Waals surface area contributed by atoms with Crippen LogP contribution in [0.3, 0.4) is 0 Å². The molecule has 0 aliphatic rings. The van der Waals surface area contributed by atoms with E-state index in [0.717, 1.165) is 16.9 Å². The number of aliphatic hydroxyl groups excluding tert-OH is 1. The van der Waals surface area contributed by atoms with Gasteiger partial charge in [0.15, 0.2) is 0 Å². The van der Waals surface area contributed by atoms with Crippen molar-refractivity contribution in [3.05, 3.63) is 36.2 Å². The standard InChI is InChI=1S/C13H16N2O2/c1-10-3-4-12(17-2)7-13(10)11-8-14-15(9-11)5-6-16/h3-4,7-9,16H,5-6H2,1-2H3. The number of ether oxygens (including phenoxy) is 1. The summed E-state index contributed by atoms with van der Waals surface area (Å²) >= 11 is 0. The zero-order valence-electron chi connectivity index (χ0n) is 10.1. The summed E-state index contributed by atoms with van der Waals surface area (Å²) in [4.78, 5) is 0. The lowest BCUT2D eigenvalue weighted by Gasteiger charge is -2.06. The van der Waals surface area contributed by atoms with Crippen LogP contribution in [0.5, 0.6) is 5.75 Å². The maximum absolute atomic E-state index is 8.86. The van der Waals surface area contributed by atoms with Crippen molar-refractivity contribution in [1.29, 1.82) is 0 Å². The third-order valence-corrected chi connectivity index (χ3v) is 2.72. The van der Waals surface area contributed by atoms with Crippen molar-refractivity contribution in [2.75, 3.05) is 13.7 Å². The van der Waals surface area contributed by atoms with Crippen LogP contribution in [0, 0.1) is 6.92 Å². The van der Waals surface area contributed by atoms with Crippen LogP contribution in [0.2, 0.25) is 0 Å². The fourth-order valence-electron chi connectivity index (χ4n) is 1.77. The van der Waals surface area contributed by atoms with Gasteiger partial charge < -0.3 is 9.84 Å². The van der Waals surface area contributed by atoms with Gasteiger partial charge in [-0.1, -0.05) is 6.07 Å². The van der Waals surface area contributed by atoms with Crippen LogP contribution >= 0.6 is 0 Å². The van der Waals surface area contributed by atoms with Crippen molar-refractivity contribution in [1.82, 2.24) is 9.78 Å². The number of nitrogens with zero attached hydrogens (tertiary/aromatic N) is 2. The molecular weight excluding hydrogens is 216 g/mol. The van der Waals surface area contributed by atoms with Crippen molar-refractivity contribution in [3.8, 4) is 16.9 Å². The van der Waals surface area contributed by atoms with E-state index in [4.69, 9.17) is 9.84 Å². The van der Waals surface area contributed by atoms with Gasteiger partial charge in [0.25, 0.3) is 0 Å². The smallest absolute Gasteiger partial charge is 0.119 e. The summed E-state index contributed by atoms with van der Waals surface area (Å²) in [5.41, 5.74) is 3.32. The zero-order chi connectivity index (χ0) is 12.3. The highest BCUT2D eigenvalue weighted by atomic mass is 16.5. The van der Waals surface area contributed by atoms with Gasteiger partial charge in [0.1, 0.15) is 5.75 Å². The predicted octanol–water partition coefficient (Wildman–Crippen LogP) is 1.86. The minimum atomic E-state index is 0.0954. The molecule has 0 unspecified atom stereocenters. The maximum Gasteiger partial charge on any atom is 0.119 e. The van der Waals surface area contributed by atoms with Crippen LogP contribution in [0.15, 0.2) is 30.6 Å². The number of hydrogen-bond acceptors (Lipinski definition) is 3. The Morgan fingerprint density at radius 2 is 2.24 bits per heavy atom. The van der Waals surface area contributed by atoms with Crippen molar-refractivity contribution in [2.24, 2.45) is 0 Å². The topological polar surface area (TPSA) is 47.3 Å². The first kappa shape index (κ1) is 11.7. The SMILES string of the molecule is COc1ccc(C)c(-c2cnn(CCO)c2)c1. The molecule has 90 valence electrons. The Labute approximate surface area is 100 Å². The molecule has 0 amide bonds. The largest absolute Gasteiger partial charge is 0.497 e. The van der Waals surface area contributed by atoms with Crippen LogP contribution in [0.25, 0.3) is 11.1 Å². The number of rotatable bonds is 4. The second kappa shape index (κ2) is 5.01. The lowest BCUT2D eigenvalue weighted by molar-refractivity contribution is 0.269. The molecule has 0 saturated carbocycles. The van der Waals surface area contributed by atoms with Gasteiger partial charge in [-0.25, -0.2) is 0 Å². The molecule has 0 aliphatic carbocycles. The number of benzene rings is 1. The average molecular weight is 232 g/mol. The number of methoxy groups -OCH3 is 1. The molecule has 1 heterocycles. The van der Waals surface area contributed by atoms with Crippen LogP contribution in [0.1, 0.15) is 5.56 Å². The molecule has 1 N–H and O–H groups in total. The first-order valence-electron chi connectivity index (χ1n) is 5.53. The Morgan fingerprint density at radius 3 is 2.94 bits per heavy atom. The van der Waals surface area contributed by atoms with Crippen molar-refractivity contribution < 1.29 is 9.84 Å². The number of hydrogen-bond donors (Lipinski definition) is 1. The molecular formula is C13H16N2O2. The third-order valence-electron chi connectivity index (χ3n) is 2.72. The highest BCUT2D eigenvalue weighted by Gasteiger charge is 2.06. The molecule has 0 bridgehead atoms. The fourth-order valence-corrected chi connectivity index (χ4v) is 1.77. The summed E-state index contributed by atoms with van der Waals surface area (Å²) in [7, 11) is 1.66. The first-order valence-corrected chi connectivity index (χ1v) is 5.53. The van der Waals surface area contributed by atoms with Crippen LogP contribution in [-0.4, -0.2) is 28.6 Å².